The number of ether oxygens (including phenoxy) is 1. The van der Waals surface area contributed by atoms with Gasteiger partial charge in [0.25, 0.3) is 0 Å². The van der Waals surface area contributed by atoms with E-state index in [1.165, 1.54) is 0 Å². The van der Waals surface area contributed by atoms with Crippen LogP contribution in [0.1, 0.15) is 13.8 Å². The van der Waals surface area contributed by atoms with Crippen molar-refractivity contribution >= 4 is 5.69 Å². The van der Waals surface area contributed by atoms with Crippen LogP contribution < -0.4 is 10.5 Å². The van der Waals surface area contributed by atoms with Crippen molar-refractivity contribution in [2.75, 3.05) is 39.0 Å². The van der Waals surface area contributed by atoms with E-state index in [9.17, 15) is 0 Å². The van der Waals surface area contributed by atoms with E-state index in [0.717, 1.165) is 25.4 Å². The van der Waals surface area contributed by atoms with Crippen LogP contribution in [0.5, 0.6) is 5.75 Å². The predicted octanol–water partition coefficient (Wildman–Crippen LogP) is 1.67. The molecule has 0 saturated carbocycles. The van der Waals surface area contributed by atoms with E-state index in [-0.39, 0.29) is 0 Å². The van der Waals surface area contributed by atoms with Crippen molar-refractivity contribution in [1.29, 1.82) is 0 Å². The molecular weight excluding hydrogens is 238 g/mol. The monoisotopic (exact) mass is 263 g/mol. The highest BCUT2D eigenvalue weighted by atomic mass is 16.5. The number of likely N-dealkylation sites (N-methyl/N-ethyl adjacent to an activating group) is 1. The van der Waals surface area contributed by atoms with Crippen molar-refractivity contribution in [3.05, 3.63) is 24.3 Å². The summed E-state index contributed by atoms with van der Waals surface area (Å²) in [7, 11) is 2.20. The van der Waals surface area contributed by atoms with Crippen molar-refractivity contribution in [3.63, 3.8) is 0 Å². The minimum Gasteiger partial charge on any atom is -0.490 e. The first-order valence-electron chi connectivity index (χ1n) is 6.99. The molecule has 1 aliphatic rings. The lowest BCUT2D eigenvalue weighted by Gasteiger charge is -2.42. The van der Waals surface area contributed by atoms with Gasteiger partial charge in [-0.25, -0.2) is 0 Å². The number of nitrogens with zero attached hydrogens (tertiary/aromatic N) is 2. The summed E-state index contributed by atoms with van der Waals surface area (Å²) in [5, 5.41) is 0. The van der Waals surface area contributed by atoms with Gasteiger partial charge in [-0.1, -0.05) is 12.1 Å². The summed E-state index contributed by atoms with van der Waals surface area (Å²) in [5.74, 6) is 0.790. The second-order valence-electron chi connectivity index (χ2n) is 5.51. The van der Waals surface area contributed by atoms with Gasteiger partial charge in [-0.05, 0) is 33.0 Å². The van der Waals surface area contributed by atoms with Crippen LogP contribution >= 0.6 is 0 Å². The van der Waals surface area contributed by atoms with Crippen LogP contribution in [-0.2, 0) is 0 Å². The van der Waals surface area contributed by atoms with Gasteiger partial charge in [-0.15, -0.1) is 0 Å². The molecule has 1 aromatic rings. The number of hydrogen-bond donors (Lipinski definition) is 1. The van der Waals surface area contributed by atoms with Gasteiger partial charge in [0.1, 0.15) is 12.4 Å². The normalized spacial score (nSPS) is 25.4. The Labute approximate surface area is 116 Å². The Morgan fingerprint density at radius 1 is 1.21 bits per heavy atom. The van der Waals surface area contributed by atoms with Gasteiger partial charge in [0.2, 0.25) is 0 Å². The van der Waals surface area contributed by atoms with E-state index < -0.39 is 0 Å². The second-order valence-corrected chi connectivity index (χ2v) is 5.51. The first-order valence-corrected chi connectivity index (χ1v) is 6.99. The first-order chi connectivity index (χ1) is 9.08. The Hall–Kier alpha value is -1.26. The number of rotatable bonds is 4. The van der Waals surface area contributed by atoms with E-state index in [0.29, 0.717) is 24.4 Å². The highest BCUT2D eigenvalue weighted by Gasteiger charge is 2.25. The molecule has 106 valence electrons. The maximum atomic E-state index is 5.86. The Morgan fingerprint density at radius 3 is 2.47 bits per heavy atom. The topological polar surface area (TPSA) is 41.7 Å². The quantitative estimate of drug-likeness (QED) is 0.839. The maximum Gasteiger partial charge on any atom is 0.142 e. The lowest BCUT2D eigenvalue weighted by atomic mass is 10.1. The number of anilines is 1. The molecule has 1 saturated heterocycles. The third kappa shape index (κ3) is 3.61. The standard InChI is InChI=1S/C15H25N3O/c1-12-10-18(11-13(2)17(12)3)8-9-19-15-7-5-4-6-14(15)16/h4-7,12-13H,8-11,16H2,1-3H3. The van der Waals surface area contributed by atoms with Crippen LogP contribution in [0.4, 0.5) is 5.69 Å². The molecule has 4 heteroatoms. The molecule has 2 rings (SSSR count). The Kier molecular flexibility index (Phi) is 4.66. The first kappa shape index (κ1) is 14.2. The van der Waals surface area contributed by atoms with Gasteiger partial charge in [0.05, 0.1) is 5.69 Å². The Balaban J connectivity index is 1.79. The van der Waals surface area contributed by atoms with Gasteiger partial charge in [0, 0.05) is 31.7 Å². The minimum absolute atomic E-state index is 0.602. The second kappa shape index (κ2) is 6.26. The molecular formula is C15H25N3O. The SMILES string of the molecule is CC1CN(CCOc2ccccc2N)CC(C)N1C. The van der Waals surface area contributed by atoms with Crippen molar-refractivity contribution in [2.24, 2.45) is 0 Å². The number of piperazine rings is 1. The van der Waals surface area contributed by atoms with Gasteiger partial charge < -0.3 is 10.5 Å². The molecule has 0 aromatic heterocycles. The molecule has 19 heavy (non-hydrogen) atoms. The highest BCUT2D eigenvalue weighted by Crippen LogP contribution is 2.20. The fourth-order valence-corrected chi connectivity index (χ4v) is 2.59. The molecule has 2 N–H and O–H groups in total. The number of nitrogen functional groups attached to an aromatic ring is 1. The smallest absolute Gasteiger partial charge is 0.142 e. The minimum atomic E-state index is 0.602. The summed E-state index contributed by atoms with van der Waals surface area (Å²) >= 11 is 0. The lowest BCUT2D eigenvalue weighted by molar-refractivity contribution is 0.0523. The van der Waals surface area contributed by atoms with Crippen molar-refractivity contribution in [1.82, 2.24) is 9.80 Å². The average Bonchev–Trinajstić information content (AvgIpc) is 2.38. The molecule has 1 aromatic carbocycles. The summed E-state index contributed by atoms with van der Waals surface area (Å²) < 4.78 is 5.76. The molecule has 0 bridgehead atoms. The zero-order valence-electron chi connectivity index (χ0n) is 12.2. The molecule has 1 aliphatic heterocycles. The zero-order chi connectivity index (χ0) is 13.8. The van der Waals surface area contributed by atoms with E-state index in [1.807, 2.05) is 24.3 Å². The van der Waals surface area contributed by atoms with Crippen LogP contribution in [0.2, 0.25) is 0 Å². The van der Waals surface area contributed by atoms with Gasteiger partial charge in [0.15, 0.2) is 0 Å². The predicted molar refractivity (Wildman–Crippen MR) is 79.5 cm³/mol. The largest absolute Gasteiger partial charge is 0.490 e. The maximum absolute atomic E-state index is 5.86. The molecule has 0 spiro atoms. The van der Waals surface area contributed by atoms with Crippen molar-refractivity contribution in [3.8, 4) is 5.75 Å². The van der Waals surface area contributed by atoms with Crippen LogP contribution in [0.25, 0.3) is 0 Å². The van der Waals surface area contributed by atoms with E-state index in [4.69, 9.17) is 10.5 Å². The zero-order valence-corrected chi connectivity index (χ0v) is 12.2. The van der Waals surface area contributed by atoms with E-state index in [2.05, 4.69) is 30.7 Å². The van der Waals surface area contributed by atoms with Gasteiger partial charge in [-0.2, -0.15) is 0 Å². The Morgan fingerprint density at radius 2 is 1.84 bits per heavy atom. The van der Waals surface area contributed by atoms with E-state index >= 15 is 0 Å². The molecule has 2 unspecified atom stereocenters. The van der Waals surface area contributed by atoms with Crippen LogP contribution in [0, 0.1) is 0 Å². The molecule has 2 atom stereocenters. The van der Waals surface area contributed by atoms with Crippen LogP contribution in [0.3, 0.4) is 0 Å². The van der Waals surface area contributed by atoms with Crippen LogP contribution in [0.15, 0.2) is 24.3 Å². The molecule has 4 nitrogen and oxygen atoms in total. The third-order valence-corrected chi connectivity index (χ3v) is 4.02. The summed E-state index contributed by atoms with van der Waals surface area (Å²) in [6.45, 7) is 8.41. The van der Waals surface area contributed by atoms with Gasteiger partial charge >= 0.3 is 0 Å². The van der Waals surface area contributed by atoms with Crippen molar-refractivity contribution < 1.29 is 4.74 Å². The summed E-state index contributed by atoms with van der Waals surface area (Å²) in [5.41, 5.74) is 6.57. The molecule has 0 radical (unpaired) electrons. The summed E-state index contributed by atoms with van der Waals surface area (Å²) in [6.07, 6.45) is 0. The molecule has 1 heterocycles. The number of nitrogens with two attached hydrogens (primary N) is 1. The van der Waals surface area contributed by atoms with Crippen LogP contribution in [-0.4, -0.2) is 55.2 Å². The summed E-state index contributed by atoms with van der Waals surface area (Å²) in [4.78, 5) is 4.90. The third-order valence-electron chi connectivity index (χ3n) is 4.02. The average molecular weight is 263 g/mol. The number of para-hydroxylation sites is 2. The fraction of sp³-hybridized carbons (Fsp3) is 0.600. The number of benzene rings is 1. The van der Waals surface area contributed by atoms with Crippen molar-refractivity contribution in [2.45, 2.75) is 25.9 Å². The summed E-state index contributed by atoms with van der Waals surface area (Å²) in [6, 6.07) is 8.87. The highest BCUT2D eigenvalue weighted by molar-refractivity contribution is 5.51. The lowest BCUT2D eigenvalue weighted by Crippen LogP contribution is -2.55. The molecule has 0 amide bonds. The molecule has 1 fully saturated rings. The van der Waals surface area contributed by atoms with E-state index in [1.54, 1.807) is 0 Å². The number of hydrogen-bond acceptors (Lipinski definition) is 4. The van der Waals surface area contributed by atoms with Gasteiger partial charge in [-0.3, -0.25) is 9.80 Å². The fourth-order valence-electron chi connectivity index (χ4n) is 2.59. The molecule has 0 aliphatic carbocycles. The Bertz CT molecular complexity index is 398.